The minimum absolute atomic E-state index is 0.110. The van der Waals surface area contributed by atoms with Crippen LogP contribution in [0.5, 0.6) is 0 Å². The van der Waals surface area contributed by atoms with E-state index in [-0.39, 0.29) is 17.4 Å². The maximum Gasteiger partial charge on any atom is 0.251 e. The van der Waals surface area contributed by atoms with Gasteiger partial charge >= 0.3 is 0 Å². The van der Waals surface area contributed by atoms with Gasteiger partial charge in [-0.15, -0.1) is 0 Å². The van der Waals surface area contributed by atoms with E-state index >= 15 is 0 Å². The number of hydrogen-bond donors (Lipinski definition) is 2. The molecular weight excluding hydrogens is 252 g/mol. The molecule has 4 nitrogen and oxygen atoms in total. The molecule has 110 valence electrons. The first-order valence-corrected chi connectivity index (χ1v) is 6.90. The van der Waals surface area contributed by atoms with Crippen LogP contribution in [0.4, 0.5) is 0 Å². The van der Waals surface area contributed by atoms with Gasteiger partial charge in [-0.3, -0.25) is 9.59 Å². The van der Waals surface area contributed by atoms with E-state index in [4.69, 9.17) is 0 Å². The number of rotatable bonds is 4. The topological polar surface area (TPSA) is 58.2 Å². The van der Waals surface area contributed by atoms with Gasteiger partial charge in [-0.05, 0) is 51.0 Å². The summed E-state index contributed by atoms with van der Waals surface area (Å²) in [5.41, 5.74) is 0.850. The molecule has 0 saturated heterocycles. The molecule has 0 radical (unpaired) electrons. The number of carbonyl (C=O) groups excluding carboxylic acids is 2. The molecule has 0 saturated carbocycles. The van der Waals surface area contributed by atoms with Gasteiger partial charge in [0.05, 0.1) is 0 Å². The van der Waals surface area contributed by atoms with Crippen LogP contribution < -0.4 is 10.6 Å². The third-order valence-corrected chi connectivity index (χ3v) is 2.57. The monoisotopic (exact) mass is 276 g/mol. The Morgan fingerprint density at radius 1 is 1.00 bits per heavy atom. The molecule has 1 aromatic carbocycles. The van der Waals surface area contributed by atoms with Gasteiger partial charge in [0, 0.05) is 23.2 Å². The summed E-state index contributed by atoms with van der Waals surface area (Å²) < 4.78 is 0. The summed E-state index contributed by atoms with van der Waals surface area (Å²) >= 11 is 0. The van der Waals surface area contributed by atoms with Crippen LogP contribution in [0, 0.1) is 5.92 Å². The zero-order valence-corrected chi connectivity index (χ0v) is 12.9. The van der Waals surface area contributed by atoms with Crippen LogP contribution in [-0.2, 0) is 0 Å². The molecule has 0 heterocycles. The second-order valence-electron chi connectivity index (χ2n) is 6.39. The highest BCUT2D eigenvalue weighted by molar-refractivity contribution is 5.98. The molecule has 0 unspecified atom stereocenters. The molecule has 1 rings (SSSR count). The number of carbonyl (C=O) groups is 2. The standard InChI is InChI=1S/C16H24N2O2/c1-11(2)10-17-14(19)12-6-8-13(9-7-12)15(20)18-16(3,4)5/h6-9,11H,10H2,1-5H3,(H,17,19)(H,18,20). The Hall–Kier alpha value is -1.84. The Morgan fingerprint density at radius 3 is 1.85 bits per heavy atom. The maximum atomic E-state index is 11.9. The molecule has 20 heavy (non-hydrogen) atoms. The lowest BCUT2D eigenvalue weighted by Crippen LogP contribution is -2.40. The van der Waals surface area contributed by atoms with Crippen molar-refractivity contribution in [3.8, 4) is 0 Å². The van der Waals surface area contributed by atoms with Crippen LogP contribution in [-0.4, -0.2) is 23.9 Å². The SMILES string of the molecule is CC(C)CNC(=O)c1ccc(C(=O)NC(C)(C)C)cc1. The highest BCUT2D eigenvalue weighted by Crippen LogP contribution is 2.07. The average Bonchev–Trinajstić information content (AvgIpc) is 2.34. The van der Waals surface area contributed by atoms with Gasteiger partial charge in [0.15, 0.2) is 0 Å². The molecule has 0 bridgehead atoms. The Balaban J connectivity index is 2.69. The van der Waals surface area contributed by atoms with Gasteiger partial charge in [0.25, 0.3) is 11.8 Å². The lowest BCUT2D eigenvalue weighted by Gasteiger charge is -2.20. The molecule has 0 aliphatic heterocycles. The Labute approximate surface area is 121 Å². The minimum Gasteiger partial charge on any atom is -0.352 e. The number of nitrogens with one attached hydrogen (secondary N) is 2. The molecule has 0 atom stereocenters. The van der Waals surface area contributed by atoms with Crippen LogP contribution in [0.2, 0.25) is 0 Å². The maximum absolute atomic E-state index is 11.9. The van der Waals surface area contributed by atoms with Crippen LogP contribution in [0.25, 0.3) is 0 Å². The third-order valence-electron chi connectivity index (χ3n) is 2.57. The van der Waals surface area contributed by atoms with Crippen molar-refractivity contribution in [3.63, 3.8) is 0 Å². The first-order valence-electron chi connectivity index (χ1n) is 6.90. The second-order valence-corrected chi connectivity index (χ2v) is 6.39. The molecule has 0 spiro atoms. The normalized spacial score (nSPS) is 11.3. The Kier molecular flexibility index (Phi) is 5.31. The van der Waals surface area contributed by atoms with Gasteiger partial charge in [0.2, 0.25) is 0 Å². The highest BCUT2D eigenvalue weighted by Gasteiger charge is 2.15. The van der Waals surface area contributed by atoms with E-state index < -0.39 is 0 Å². The van der Waals surface area contributed by atoms with Crippen molar-refractivity contribution >= 4 is 11.8 Å². The van der Waals surface area contributed by atoms with Crippen LogP contribution in [0.15, 0.2) is 24.3 Å². The zero-order chi connectivity index (χ0) is 15.3. The molecule has 0 fully saturated rings. The minimum atomic E-state index is -0.273. The predicted molar refractivity (Wildman–Crippen MR) is 80.8 cm³/mol. The molecule has 0 aliphatic rings. The smallest absolute Gasteiger partial charge is 0.251 e. The molecule has 0 aromatic heterocycles. The summed E-state index contributed by atoms with van der Waals surface area (Å²) in [6.45, 7) is 10.5. The van der Waals surface area contributed by atoms with Crippen molar-refractivity contribution in [3.05, 3.63) is 35.4 Å². The van der Waals surface area contributed by atoms with Crippen LogP contribution in [0.1, 0.15) is 55.3 Å². The summed E-state index contributed by atoms with van der Waals surface area (Å²) in [5.74, 6) is 0.170. The summed E-state index contributed by atoms with van der Waals surface area (Å²) in [7, 11) is 0. The van der Waals surface area contributed by atoms with Crippen LogP contribution in [0.3, 0.4) is 0 Å². The lowest BCUT2D eigenvalue weighted by molar-refractivity contribution is 0.0915. The average molecular weight is 276 g/mol. The zero-order valence-electron chi connectivity index (χ0n) is 12.9. The lowest BCUT2D eigenvalue weighted by atomic mass is 10.1. The number of amides is 2. The fourth-order valence-electron chi connectivity index (χ4n) is 1.58. The van der Waals surface area contributed by atoms with E-state index in [9.17, 15) is 9.59 Å². The van der Waals surface area contributed by atoms with E-state index in [1.54, 1.807) is 24.3 Å². The van der Waals surface area contributed by atoms with E-state index in [0.717, 1.165) is 0 Å². The van der Waals surface area contributed by atoms with Gasteiger partial charge in [-0.25, -0.2) is 0 Å². The number of hydrogen-bond acceptors (Lipinski definition) is 2. The first kappa shape index (κ1) is 16.2. The van der Waals surface area contributed by atoms with E-state index in [2.05, 4.69) is 10.6 Å². The van der Waals surface area contributed by atoms with Crippen molar-refractivity contribution < 1.29 is 9.59 Å². The van der Waals surface area contributed by atoms with E-state index in [1.807, 2.05) is 34.6 Å². The fraction of sp³-hybridized carbons (Fsp3) is 0.500. The van der Waals surface area contributed by atoms with Crippen molar-refractivity contribution in [2.45, 2.75) is 40.2 Å². The molecule has 2 N–H and O–H groups in total. The van der Waals surface area contributed by atoms with Gasteiger partial charge in [-0.2, -0.15) is 0 Å². The van der Waals surface area contributed by atoms with Gasteiger partial charge in [0.1, 0.15) is 0 Å². The van der Waals surface area contributed by atoms with Crippen molar-refractivity contribution in [1.82, 2.24) is 10.6 Å². The molecular formula is C16H24N2O2. The van der Waals surface area contributed by atoms with E-state index in [0.29, 0.717) is 23.6 Å². The van der Waals surface area contributed by atoms with Gasteiger partial charge < -0.3 is 10.6 Å². The first-order chi connectivity index (χ1) is 9.19. The Morgan fingerprint density at radius 2 is 1.45 bits per heavy atom. The number of benzene rings is 1. The summed E-state index contributed by atoms with van der Waals surface area (Å²) in [5, 5.41) is 5.73. The summed E-state index contributed by atoms with van der Waals surface area (Å²) in [4.78, 5) is 23.8. The summed E-state index contributed by atoms with van der Waals surface area (Å²) in [6.07, 6.45) is 0. The summed E-state index contributed by atoms with van der Waals surface area (Å²) in [6, 6.07) is 6.69. The van der Waals surface area contributed by atoms with Crippen LogP contribution >= 0.6 is 0 Å². The predicted octanol–water partition coefficient (Wildman–Crippen LogP) is 2.60. The molecule has 2 amide bonds. The van der Waals surface area contributed by atoms with E-state index in [1.165, 1.54) is 0 Å². The molecule has 0 aliphatic carbocycles. The van der Waals surface area contributed by atoms with Gasteiger partial charge in [-0.1, -0.05) is 13.8 Å². The Bertz CT molecular complexity index is 470. The highest BCUT2D eigenvalue weighted by atomic mass is 16.2. The molecule has 4 heteroatoms. The second kappa shape index (κ2) is 6.55. The van der Waals surface area contributed by atoms with Crippen molar-refractivity contribution in [2.24, 2.45) is 5.92 Å². The largest absolute Gasteiger partial charge is 0.352 e. The van der Waals surface area contributed by atoms with Crippen molar-refractivity contribution in [2.75, 3.05) is 6.54 Å². The third kappa shape index (κ3) is 5.43. The fourth-order valence-corrected chi connectivity index (χ4v) is 1.58. The van der Waals surface area contributed by atoms with Crippen molar-refractivity contribution in [1.29, 1.82) is 0 Å². The molecule has 1 aromatic rings. The quantitative estimate of drug-likeness (QED) is 0.888.